The van der Waals surface area contributed by atoms with Crippen LogP contribution < -0.4 is 13.7 Å². The van der Waals surface area contributed by atoms with Gasteiger partial charge < -0.3 is 18.4 Å². The van der Waals surface area contributed by atoms with E-state index in [1.54, 1.807) is 0 Å². The van der Waals surface area contributed by atoms with Gasteiger partial charge in [0.05, 0.1) is 12.0 Å². The molecule has 14 heteroatoms. The van der Waals surface area contributed by atoms with Crippen molar-refractivity contribution in [3.63, 3.8) is 0 Å². The van der Waals surface area contributed by atoms with Crippen LogP contribution in [0.1, 0.15) is 10.4 Å². The predicted octanol–water partition coefficient (Wildman–Crippen LogP) is 1.34. The molecular formula is C10H6F3NO9S. The Kier molecular flexibility index (Phi) is 4.18. The van der Waals surface area contributed by atoms with E-state index in [0.717, 1.165) is 7.11 Å². The zero-order valence-electron chi connectivity index (χ0n) is 11.4. The van der Waals surface area contributed by atoms with Crippen molar-refractivity contribution in [2.45, 2.75) is 5.51 Å². The van der Waals surface area contributed by atoms with Crippen LogP contribution in [-0.2, 0) is 14.9 Å². The third-order valence-corrected chi connectivity index (χ3v) is 3.62. The lowest BCUT2D eigenvalue weighted by Gasteiger charge is -2.12. The normalized spacial score (nSPS) is 13.5. The number of halogens is 3. The Labute approximate surface area is 130 Å². The Morgan fingerprint density at radius 3 is 2.42 bits per heavy atom. The summed E-state index contributed by atoms with van der Waals surface area (Å²) in [6.45, 7) is -0.663. The predicted molar refractivity (Wildman–Crippen MR) is 66.2 cm³/mol. The van der Waals surface area contributed by atoms with Crippen LogP contribution in [0.15, 0.2) is 6.07 Å². The molecule has 10 nitrogen and oxygen atoms in total. The van der Waals surface area contributed by atoms with Gasteiger partial charge in [0.25, 0.3) is 0 Å². The second kappa shape index (κ2) is 5.70. The summed E-state index contributed by atoms with van der Waals surface area (Å²) >= 11 is 0. The fourth-order valence-corrected chi connectivity index (χ4v) is 2.15. The van der Waals surface area contributed by atoms with Gasteiger partial charge in [-0.1, -0.05) is 0 Å². The molecule has 0 saturated heterocycles. The number of nitro groups is 1. The molecule has 0 aliphatic carbocycles. The SMILES string of the molecule is COC(=O)c1cc(OS(=O)(=O)C(F)(F)F)c2c(c1[N+](=O)[O-])OCO2. The number of ether oxygens (including phenoxy) is 3. The third-order valence-electron chi connectivity index (χ3n) is 2.65. The van der Waals surface area contributed by atoms with Gasteiger partial charge in [0.15, 0.2) is 5.75 Å². The largest absolute Gasteiger partial charge is 0.534 e. The quantitative estimate of drug-likeness (QED) is 0.252. The third kappa shape index (κ3) is 2.86. The van der Waals surface area contributed by atoms with Gasteiger partial charge in [-0.15, -0.1) is 0 Å². The molecule has 2 rings (SSSR count). The van der Waals surface area contributed by atoms with Crippen molar-refractivity contribution in [1.82, 2.24) is 0 Å². The van der Waals surface area contributed by atoms with Gasteiger partial charge in [-0.3, -0.25) is 10.1 Å². The van der Waals surface area contributed by atoms with Crippen LogP contribution >= 0.6 is 0 Å². The topological polar surface area (TPSA) is 131 Å². The minimum Gasteiger partial charge on any atom is -0.465 e. The van der Waals surface area contributed by atoms with E-state index in [4.69, 9.17) is 9.47 Å². The summed E-state index contributed by atoms with van der Waals surface area (Å²) in [6.07, 6.45) is 0. The van der Waals surface area contributed by atoms with E-state index >= 15 is 0 Å². The number of hydrogen-bond donors (Lipinski definition) is 0. The first kappa shape index (κ1) is 17.6. The van der Waals surface area contributed by atoms with E-state index in [2.05, 4.69) is 8.92 Å². The fourth-order valence-electron chi connectivity index (χ4n) is 1.70. The number of rotatable bonds is 4. The number of hydrogen-bond acceptors (Lipinski definition) is 9. The first-order valence-electron chi connectivity index (χ1n) is 5.69. The zero-order valence-corrected chi connectivity index (χ0v) is 12.3. The van der Waals surface area contributed by atoms with Crippen molar-refractivity contribution in [2.75, 3.05) is 13.9 Å². The summed E-state index contributed by atoms with van der Waals surface area (Å²) in [7, 11) is -5.26. The number of methoxy groups -OCH3 is 1. The van der Waals surface area contributed by atoms with Gasteiger partial charge in [-0.05, 0) is 0 Å². The van der Waals surface area contributed by atoms with Gasteiger partial charge in [-0.25, -0.2) is 4.79 Å². The standard InChI is InChI=1S/C10H6F3NO9S/c1-20-9(15)4-2-5(23-24(18,19)10(11,12)13)7-8(22-3-21-7)6(4)14(16)17/h2H,3H2,1H3. The molecule has 1 aliphatic rings. The molecule has 1 aromatic rings. The molecule has 0 bridgehead atoms. The highest BCUT2D eigenvalue weighted by molar-refractivity contribution is 7.88. The van der Waals surface area contributed by atoms with Gasteiger partial charge in [0.1, 0.15) is 5.56 Å². The van der Waals surface area contributed by atoms with Crippen LogP contribution in [0.5, 0.6) is 17.2 Å². The summed E-state index contributed by atoms with van der Waals surface area (Å²) in [4.78, 5) is 21.6. The molecular weight excluding hydrogens is 367 g/mol. The van der Waals surface area contributed by atoms with Gasteiger partial charge in [0, 0.05) is 6.07 Å². The molecule has 1 heterocycles. The number of carbonyl (C=O) groups is 1. The lowest BCUT2D eigenvalue weighted by Crippen LogP contribution is -2.28. The van der Waals surface area contributed by atoms with Crippen LogP contribution in [-0.4, -0.2) is 38.7 Å². The summed E-state index contributed by atoms with van der Waals surface area (Å²) in [5, 5.41) is 11.1. The number of carbonyl (C=O) groups excluding carboxylic acids is 1. The highest BCUT2D eigenvalue weighted by Crippen LogP contribution is 2.50. The average Bonchev–Trinajstić information content (AvgIpc) is 2.93. The molecule has 1 aliphatic heterocycles. The minimum atomic E-state index is -6.11. The molecule has 1 aromatic carbocycles. The number of alkyl halides is 3. The first-order valence-corrected chi connectivity index (χ1v) is 7.10. The molecule has 132 valence electrons. The van der Waals surface area contributed by atoms with Crippen molar-refractivity contribution >= 4 is 21.8 Å². The maximum Gasteiger partial charge on any atom is 0.534 e. The van der Waals surface area contributed by atoms with Crippen molar-refractivity contribution in [2.24, 2.45) is 0 Å². The number of esters is 1. The van der Waals surface area contributed by atoms with Gasteiger partial charge in [0.2, 0.25) is 18.3 Å². The Hall–Kier alpha value is -2.77. The maximum absolute atomic E-state index is 12.4. The molecule has 0 amide bonds. The second-order valence-electron chi connectivity index (χ2n) is 4.07. The minimum absolute atomic E-state index is 0.390. The molecule has 0 saturated carbocycles. The van der Waals surface area contributed by atoms with E-state index in [1.807, 2.05) is 0 Å². The number of benzene rings is 1. The van der Waals surface area contributed by atoms with Crippen LogP contribution in [0.4, 0.5) is 18.9 Å². The van der Waals surface area contributed by atoms with Crippen LogP contribution in [0, 0.1) is 10.1 Å². The zero-order chi connectivity index (χ0) is 18.3. The molecule has 0 fully saturated rings. The molecule has 0 aromatic heterocycles. The Bertz CT molecular complexity index is 818. The number of fused-ring (bicyclic) bond motifs is 1. The summed E-state index contributed by atoms with van der Waals surface area (Å²) in [5.74, 6) is -3.95. The van der Waals surface area contributed by atoms with Crippen LogP contribution in [0.25, 0.3) is 0 Å². The number of nitro benzene ring substituents is 1. The molecule has 0 radical (unpaired) electrons. The molecule has 0 unspecified atom stereocenters. The van der Waals surface area contributed by atoms with Crippen molar-refractivity contribution in [3.8, 4) is 17.2 Å². The Morgan fingerprint density at radius 2 is 1.92 bits per heavy atom. The fraction of sp³-hybridized carbons (Fsp3) is 0.300. The molecule has 0 N–H and O–H groups in total. The van der Waals surface area contributed by atoms with Gasteiger partial charge in [-0.2, -0.15) is 21.6 Å². The monoisotopic (exact) mass is 373 g/mol. The van der Waals surface area contributed by atoms with E-state index in [9.17, 15) is 36.5 Å². The van der Waals surface area contributed by atoms with Crippen LogP contribution in [0.3, 0.4) is 0 Å². The Balaban J connectivity index is 2.69. The van der Waals surface area contributed by atoms with E-state index in [0.29, 0.717) is 6.07 Å². The second-order valence-corrected chi connectivity index (χ2v) is 5.61. The van der Waals surface area contributed by atoms with Crippen molar-refractivity contribution < 1.29 is 49.7 Å². The smallest absolute Gasteiger partial charge is 0.465 e. The lowest BCUT2D eigenvalue weighted by molar-refractivity contribution is -0.386. The van der Waals surface area contributed by atoms with Crippen molar-refractivity contribution in [3.05, 3.63) is 21.7 Å². The van der Waals surface area contributed by atoms with Crippen molar-refractivity contribution in [1.29, 1.82) is 0 Å². The average molecular weight is 373 g/mol. The molecule has 24 heavy (non-hydrogen) atoms. The van der Waals surface area contributed by atoms with E-state index < -0.39 is 61.8 Å². The molecule has 0 atom stereocenters. The van der Waals surface area contributed by atoms with E-state index in [-0.39, 0.29) is 0 Å². The van der Waals surface area contributed by atoms with Crippen LogP contribution in [0.2, 0.25) is 0 Å². The summed E-state index contributed by atoms with van der Waals surface area (Å²) in [6, 6.07) is 0.390. The summed E-state index contributed by atoms with van der Waals surface area (Å²) in [5.41, 5.74) is -7.61. The highest BCUT2D eigenvalue weighted by Gasteiger charge is 2.50. The Morgan fingerprint density at radius 1 is 1.33 bits per heavy atom. The lowest BCUT2D eigenvalue weighted by atomic mass is 10.1. The highest BCUT2D eigenvalue weighted by atomic mass is 32.2. The molecule has 0 spiro atoms. The first-order chi connectivity index (χ1) is 11.0. The number of nitrogens with zero attached hydrogens (tertiary/aromatic N) is 1. The van der Waals surface area contributed by atoms with Gasteiger partial charge >= 0.3 is 27.3 Å². The maximum atomic E-state index is 12.4. The summed E-state index contributed by atoms with van der Waals surface area (Å²) < 4.78 is 77.1. The van der Waals surface area contributed by atoms with E-state index in [1.165, 1.54) is 0 Å².